The Morgan fingerprint density at radius 3 is 1.30 bits per heavy atom. The van der Waals surface area contributed by atoms with Crippen molar-refractivity contribution in [3.63, 3.8) is 0 Å². The van der Waals surface area contributed by atoms with Gasteiger partial charge in [0.2, 0.25) is 0 Å². The van der Waals surface area contributed by atoms with E-state index in [0.717, 1.165) is 32.1 Å². The Morgan fingerprint density at radius 2 is 0.867 bits per heavy atom. The summed E-state index contributed by atoms with van der Waals surface area (Å²) in [4.78, 5) is 22.3. The molecule has 0 atom stereocenters. The molecular weight excluding hydrogens is 376 g/mol. The number of esters is 2. The highest BCUT2D eigenvalue weighted by Crippen LogP contribution is 2.13. The third kappa shape index (κ3) is 25.0. The van der Waals surface area contributed by atoms with Crippen LogP contribution in [0.25, 0.3) is 0 Å². The number of ether oxygens (including phenoxy) is 2. The molecule has 178 valence electrons. The van der Waals surface area contributed by atoms with Crippen LogP contribution in [0, 0.1) is 0 Å². The van der Waals surface area contributed by atoms with Gasteiger partial charge in [0.1, 0.15) is 0 Å². The van der Waals surface area contributed by atoms with Crippen LogP contribution in [-0.4, -0.2) is 25.2 Å². The molecule has 0 aromatic heterocycles. The van der Waals surface area contributed by atoms with Crippen molar-refractivity contribution >= 4 is 11.9 Å². The Morgan fingerprint density at radius 1 is 0.500 bits per heavy atom. The molecule has 0 rings (SSSR count). The van der Waals surface area contributed by atoms with Gasteiger partial charge in [-0.15, -0.1) is 0 Å². The Kier molecular flexibility index (Phi) is 23.4. The van der Waals surface area contributed by atoms with Crippen LogP contribution in [0.3, 0.4) is 0 Å². The zero-order valence-electron chi connectivity index (χ0n) is 20.2. The van der Waals surface area contributed by atoms with Crippen LogP contribution in [0.15, 0.2) is 0 Å². The van der Waals surface area contributed by atoms with E-state index in [1.54, 1.807) is 0 Å². The number of carbonyl (C=O) groups is 2. The quantitative estimate of drug-likeness (QED) is 0.123. The minimum absolute atomic E-state index is 0.0940. The fourth-order valence-corrected chi connectivity index (χ4v) is 3.67. The highest BCUT2D eigenvalue weighted by Gasteiger charge is 2.03. The number of rotatable bonds is 23. The van der Waals surface area contributed by atoms with Gasteiger partial charge >= 0.3 is 11.9 Å². The van der Waals surface area contributed by atoms with Gasteiger partial charge in [0.25, 0.3) is 0 Å². The molecule has 0 N–H and O–H groups in total. The number of hydrogen-bond acceptors (Lipinski definition) is 4. The van der Waals surface area contributed by atoms with Crippen molar-refractivity contribution in [2.45, 2.75) is 142 Å². The van der Waals surface area contributed by atoms with E-state index in [2.05, 4.69) is 6.92 Å². The highest BCUT2D eigenvalue weighted by atomic mass is 16.5. The summed E-state index contributed by atoms with van der Waals surface area (Å²) in [5.41, 5.74) is 0. The van der Waals surface area contributed by atoms with E-state index in [9.17, 15) is 9.59 Å². The highest BCUT2D eigenvalue weighted by molar-refractivity contribution is 5.69. The van der Waals surface area contributed by atoms with Crippen molar-refractivity contribution < 1.29 is 19.1 Å². The van der Waals surface area contributed by atoms with Gasteiger partial charge in [-0.25, -0.2) is 0 Å². The molecule has 0 aliphatic heterocycles. The van der Waals surface area contributed by atoms with Gasteiger partial charge in [-0.05, 0) is 25.7 Å². The second kappa shape index (κ2) is 24.2. The maximum Gasteiger partial charge on any atom is 0.305 e. The first-order chi connectivity index (χ1) is 14.7. The molecule has 0 aliphatic carbocycles. The molecule has 0 bridgehead atoms. The minimum atomic E-state index is -0.242. The van der Waals surface area contributed by atoms with E-state index >= 15 is 0 Å². The van der Waals surface area contributed by atoms with Crippen LogP contribution >= 0.6 is 0 Å². The first-order valence-corrected chi connectivity index (χ1v) is 13.0. The Hall–Kier alpha value is -1.06. The van der Waals surface area contributed by atoms with Crippen LogP contribution in [0.2, 0.25) is 0 Å². The third-order valence-electron chi connectivity index (χ3n) is 5.59. The summed E-state index contributed by atoms with van der Waals surface area (Å²) in [6.45, 7) is 4.70. The standard InChI is InChI=1S/C26H50O4/c1-3-4-5-6-7-8-9-10-11-12-13-14-15-16-17-20-24-30-26(28)22-19-18-21-23-29-25(2)27/h3-24H2,1-2H3. The fourth-order valence-electron chi connectivity index (χ4n) is 3.67. The zero-order chi connectivity index (χ0) is 22.1. The summed E-state index contributed by atoms with van der Waals surface area (Å²) in [6, 6.07) is 0. The molecule has 4 nitrogen and oxygen atoms in total. The minimum Gasteiger partial charge on any atom is -0.466 e. The monoisotopic (exact) mass is 426 g/mol. The molecule has 0 aliphatic rings. The molecule has 0 unspecified atom stereocenters. The summed E-state index contributed by atoms with van der Waals surface area (Å²) < 4.78 is 10.1. The van der Waals surface area contributed by atoms with Crippen LogP contribution in [0.5, 0.6) is 0 Å². The molecule has 0 aromatic carbocycles. The van der Waals surface area contributed by atoms with Crippen LogP contribution in [0.4, 0.5) is 0 Å². The lowest BCUT2D eigenvalue weighted by atomic mass is 10.0. The van der Waals surface area contributed by atoms with Gasteiger partial charge in [0.15, 0.2) is 0 Å². The molecule has 0 spiro atoms. The predicted octanol–water partition coefficient (Wildman–Crippen LogP) is 7.91. The molecule has 0 amide bonds. The molecule has 4 heteroatoms. The van der Waals surface area contributed by atoms with E-state index in [1.807, 2.05) is 0 Å². The summed E-state index contributed by atoms with van der Waals surface area (Å²) in [6.07, 6.45) is 24.6. The van der Waals surface area contributed by atoms with Gasteiger partial charge in [-0.1, -0.05) is 103 Å². The number of carbonyl (C=O) groups excluding carboxylic acids is 2. The maximum absolute atomic E-state index is 11.6. The van der Waals surface area contributed by atoms with Gasteiger partial charge in [0.05, 0.1) is 13.2 Å². The van der Waals surface area contributed by atoms with Gasteiger partial charge < -0.3 is 9.47 Å². The maximum atomic E-state index is 11.6. The van der Waals surface area contributed by atoms with Crippen molar-refractivity contribution in [3.8, 4) is 0 Å². The average molecular weight is 427 g/mol. The van der Waals surface area contributed by atoms with Crippen LogP contribution < -0.4 is 0 Å². The van der Waals surface area contributed by atoms with Gasteiger partial charge in [-0.3, -0.25) is 9.59 Å². The first kappa shape index (κ1) is 28.9. The van der Waals surface area contributed by atoms with Crippen molar-refractivity contribution in [2.75, 3.05) is 13.2 Å². The van der Waals surface area contributed by atoms with E-state index in [4.69, 9.17) is 9.47 Å². The molecule has 30 heavy (non-hydrogen) atoms. The second-order valence-corrected chi connectivity index (χ2v) is 8.67. The van der Waals surface area contributed by atoms with Crippen LogP contribution in [-0.2, 0) is 19.1 Å². The molecule has 0 heterocycles. The third-order valence-corrected chi connectivity index (χ3v) is 5.59. The molecule has 0 saturated carbocycles. The predicted molar refractivity (Wildman–Crippen MR) is 126 cm³/mol. The lowest BCUT2D eigenvalue weighted by molar-refractivity contribution is -0.144. The molecule has 0 radical (unpaired) electrons. The van der Waals surface area contributed by atoms with Crippen LogP contribution in [0.1, 0.15) is 142 Å². The van der Waals surface area contributed by atoms with Crippen molar-refractivity contribution in [3.05, 3.63) is 0 Å². The molecule has 0 saturated heterocycles. The van der Waals surface area contributed by atoms with E-state index in [0.29, 0.717) is 19.6 Å². The lowest BCUT2D eigenvalue weighted by Crippen LogP contribution is -2.06. The summed E-state index contributed by atoms with van der Waals surface area (Å²) in [7, 11) is 0. The average Bonchev–Trinajstić information content (AvgIpc) is 2.72. The summed E-state index contributed by atoms with van der Waals surface area (Å²) in [5.74, 6) is -0.336. The summed E-state index contributed by atoms with van der Waals surface area (Å²) in [5, 5.41) is 0. The Balaban J connectivity index is 3.13. The van der Waals surface area contributed by atoms with E-state index in [-0.39, 0.29) is 11.9 Å². The van der Waals surface area contributed by atoms with Gasteiger partial charge in [0, 0.05) is 13.3 Å². The molecule has 0 aromatic rings. The van der Waals surface area contributed by atoms with Crippen molar-refractivity contribution in [1.82, 2.24) is 0 Å². The smallest absolute Gasteiger partial charge is 0.305 e. The molecular formula is C26H50O4. The Labute approximate surface area is 186 Å². The fraction of sp³-hybridized carbons (Fsp3) is 0.923. The topological polar surface area (TPSA) is 52.6 Å². The van der Waals surface area contributed by atoms with E-state index < -0.39 is 0 Å². The number of hydrogen-bond donors (Lipinski definition) is 0. The second-order valence-electron chi connectivity index (χ2n) is 8.67. The largest absolute Gasteiger partial charge is 0.466 e. The normalized spacial score (nSPS) is 10.9. The summed E-state index contributed by atoms with van der Waals surface area (Å²) >= 11 is 0. The van der Waals surface area contributed by atoms with Gasteiger partial charge in [-0.2, -0.15) is 0 Å². The first-order valence-electron chi connectivity index (χ1n) is 13.0. The van der Waals surface area contributed by atoms with Crippen molar-refractivity contribution in [2.24, 2.45) is 0 Å². The number of unbranched alkanes of at least 4 members (excludes halogenated alkanes) is 17. The SMILES string of the molecule is CCCCCCCCCCCCCCCCCCOC(=O)CCCCCOC(C)=O. The van der Waals surface area contributed by atoms with Crippen molar-refractivity contribution in [1.29, 1.82) is 0 Å². The van der Waals surface area contributed by atoms with E-state index in [1.165, 1.54) is 96.8 Å². The molecule has 0 fully saturated rings. The lowest BCUT2D eigenvalue weighted by Gasteiger charge is -2.06. The zero-order valence-corrected chi connectivity index (χ0v) is 20.2. The Bertz CT molecular complexity index is 381.